The van der Waals surface area contributed by atoms with E-state index < -0.39 is 28.9 Å². The van der Waals surface area contributed by atoms with E-state index in [2.05, 4.69) is 0 Å². The number of nitrogens with zero attached hydrogens (tertiary/aromatic N) is 2. The maximum Gasteiger partial charge on any atom is 0.416 e. The van der Waals surface area contributed by atoms with Crippen LogP contribution in [-0.4, -0.2) is 20.2 Å². The highest BCUT2D eigenvalue weighted by atomic mass is 19.4. The van der Waals surface area contributed by atoms with Gasteiger partial charge in [-0.05, 0) is 47.5 Å². The van der Waals surface area contributed by atoms with Crippen molar-refractivity contribution >= 4 is 16.8 Å². The summed E-state index contributed by atoms with van der Waals surface area (Å²) in [5.74, 6) is -0.691. The van der Waals surface area contributed by atoms with E-state index in [0.29, 0.717) is 11.1 Å². The van der Waals surface area contributed by atoms with Gasteiger partial charge in [0.1, 0.15) is 0 Å². The van der Waals surface area contributed by atoms with Crippen molar-refractivity contribution in [1.82, 2.24) is 14.6 Å². The van der Waals surface area contributed by atoms with Crippen molar-refractivity contribution in [2.45, 2.75) is 19.3 Å². The lowest BCUT2D eigenvalue weighted by Gasteiger charge is -2.15. The minimum Gasteiger partial charge on any atom is -0.289 e. The molecule has 0 spiro atoms. The average molecular weight is 469 g/mol. The second kappa shape index (κ2) is 8.99. The lowest BCUT2D eigenvalue weighted by molar-refractivity contribution is -0.137. The molecule has 0 radical (unpaired) electrons. The molecule has 0 aliphatic carbocycles. The second-order valence-corrected chi connectivity index (χ2v) is 7.61. The maximum absolute atomic E-state index is 13.3. The number of rotatable bonds is 5. The van der Waals surface area contributed by atoms with Gasteiger partial charge in [0, 0.05) is 5.56 Å². The molecule has 174 valence electrons. The van der Waals surface area contributed by atoms with Crippen LogP contribution in [0.4, 0.5) is 13.2 Å². The first-order valence-electron chi connectivity index (χ1n) is 10.1. The third-order valence-corrected chi connectivity index (χ3v) is 5.39. The van der Waals surface area contributed by atoms with E-state index in [0.717, 1.165) is 16.7 Å². The van der Waals surface area contributed by atoms with Gasteiger partial charge in [-0.1, -0.05) is 36.4 Å². The van der Waals surface area contributed by atoms with E-state index in [1.807, 2.05) is 0 Å². The zero-order valence-corrected chi connectivity index (χ0v) is 17.5. The van der Waals surface area contributed by atoms with E-state index in [9.17, 15) is 27.6 Å². The van der Waals surface area contributed by atoms with Crippen LogP contribution in [-0.2, 0) is 19.3 Å². The lowest BCUT2D eigenvalue weighted by Crippen LogP contribution is -2.40. The van der Waals surface area contributed by atoms with E-state index >= 15 is 0 Å². The van der Waals surface area contributed by atoms with Crippen molar-refractivity contribution < 1.29 is 23.2 Å². The number of fused-ring (bicyclic) bond motifs is 1. The number of nitrogens with one attached hydrogen (secondary N) is 1. The minimum absolute atomic E-state index is 0.0449. The number of hydrogen-bond acceptors (Lipinski definition) is 4. The van der Waals surface area contributed by atoms with Gasteiger partial charge in [-0.2, -0.15) is 13.2 Å². The van der Waals surface area contributed by atoms with Crippen molar-refractivity contribution in [2.75, 3.05) is 0 Å². The quantitative estimate of drug-likeness (QED) is 0.346. The Hall–Kier alpha value is -4.18. The highest BCUT2D eigenvalue weighted by Gasteiger charge is 2.30. The molecule has 10 heteroatoms. The fraction of sp³-hybridized carbons (Fsp3) is 0.125. The summed E-state index contributed by atoms with van der Waals surface area (Å²) in [4.78, 5) is 37.9. The van der Waals surface area contributed by atoms with Gasteiger partial charge in [-0.3, -0.25) is 23.9 Å². The lowest BCUT2D eigenvalue weighted by atomic mass is 10.1. The van der Waals surface area contributed by atoms with E-state index in [4.69, 9.17) is 5.21 Å². The van der Waals surface area contributed by atoms with Crippen molar-refractivity contribution in [3.63, 3.8) is 0 Å². The van der Waals surface area contributed by atoms with Gasteiger partial charge >= 0.3 is 11.9 Å². The molecular formula is C24H18F3N3O4. The maximum atomic E-state index is 13.3. The fourth-order valence-corrected chi connectivity index (χ4v) is 3.70. The van der Waals surface area contributed by atoms with E-state index in [-0.39, 0.29) is 29.6 Å². The number of carbonyl (C=O) groups is 1. The van der Waals surface area contributed by atoms with Crippen LogP contribution < -0.4 is 16.7 Å². The van der Waals surface area contributed by atoms with Crippen molar-refractivity contribution in [3.05, 3.63) is 116 Å². The number of aromatic nitrogens is 2. The van der Waals surface area contributed by atoms with Crippen LogP contribution in [0.3, 0.4) is 0 Å². The van der Waals surface area contributed by atoms with Gasteiger partial charge in [-0.15, -0.1) is 0 Å². The molecule has 2 N–H and O–H groups in total. The summed E-state index contributed by atoms with van der Waals surface area (Å²) in [5.41, 5.74) is 0.742. The van der Waals surface area contributed by atoms with Gasteiger partial charge in [0.25, 0.3) is 11.5 Å². The molecule has 1 heterocycles. The summed E-state index contributed by atoms with van der Waals surface area (Å²) < 4.78 is 41.6. The summed E-state index contributed by atoms with van der Waals surface area (Å²) >= 11 is 0. The molecular weight excluding hydrogens is 451 g/mol. The predicted octanol–water partition coefficient (Wildman–Crippen LogP) is 3.40. The first kappa shape index (κ1) is 23.0. The number of hydroxylamine groups is 1. The molecule has 34 heavy (non-hydrogen) atoms. The van der Waals surface area contributed by atoms with Crippen LogP contribution >= 0.6 is 0 Å². The molecule has 0 unspecified atom stereocenters. The Morgan fingerprint density at radius 2 is 1.53 bits per heavy atom. The number of halogens is 3. The van der Waals surface area contributed by atoms with Gasteiger partial charge in [0.15, 0.2) is 0 Å². The van der Waals surface area contributed by atoms with Gasteiger partial charge in [0.2, 0.25) is 0 Å². The third kappa shape index (κ3) is 4.48. The van der Waals surface area contributed by atoms with Crippen LogP contribution in [0.2, 0.25) is 0 Å². The number of alkyl halides is 3. The summed E-state index contributed by atoms with van der Waals surface area (Å²) in [5, 5.41) is 8.99. The Bertz CT molecular complexity index is 1490. The van der Waals surface area contributed by atoms with E-state index in [1.165, 1.54) is 34.3 Å². The summed E-state index contributed by atoms with van der Waals surface area (Å²) in [6.07, 6.45) is -4.55. The number of benzene rings is 3. The second-order valence-electron chi connectivity index (χ2n) is 7.61. The minimum atomic E-state index is -4.55. The normalized spacial score (nSPS) is 11.5. The third-order valence-electron chi connectivity index (χ3n) is 5.39. The van der Waals surface area contributed by atoms with Crippen LogP contribution in [0.25, 0.3) is 10.9 Å². The summed E-state index contributed by atoms with van der Waals surface area (Å²) in [7, 11) is 0. The highest BCUT2D eigenvalue weighted by Crippen LogP contribution is 2.29. The fourth-order valence-electron chi connectivity index (χ4n) is 3.70. The predicted molar refractivity (Wildman–Crippen MR) is 118 cm³/mol. The van der Waals surface area contributed by atoms with Crippen molar-refractivity contribution in [1.29, 1.82) is 0 Å². The van der Waals surface area contributed by atoms with Gasteiger partial charge in [-0.25, -0.2) is 10.3 Å². The molecule has 0 bridgehead atoms. The summed E-state index contributed by atoms with van der Waals surface area (Å²) in [6, 6.07) is 17.1. The number of hydrogen-bond donors (Lipinski definition) is 2. The van der Waals surface area contributed by atoms with Crippen LogP contribution in [0.5, 0.6) is 0 Å². The Morgan fingerprint density at radius 3 is 2.21 bits per heavy atom. The molecule has 1 aromatic heterocycles. The smallest absolute Gasteiger partial charge is 0.289 e. The monoisotopic (exact) mass is 469 g/mol. The molecule has 0 aliphatic rings. The Labute approximate surface area is 190 Å². The number of carbonyl (C=O) groups excluding carboxylic acids is 1. The Kier molecular flexibility index (Phi) is 6.08. The standard InChI is InChI=1S/C24H18F3N3O4/c25-24(26,27)18-5-3-4-16(12-18)14-30-22(32)19-6-1-2-7-20(19)29(23(30)33)13-15-8-10-17(11-9-15)21(31)28-34/h1-12,34H,13-14H2,(H,28,31). The Balaban J connectivity index is 1.80. The largest absolute Gasteiger partial charge is 0.416 e. The average Bonchev–Trinajstić information content (AvgIpc) is 2.84. The van der Waals surface area contributed by atoms with Gasteiger partial charge in [0.05, 0.1) is 29.6 Å². The van der Waals surface area contributed by atoms with Gasteiger partial charge < -0.3 is 0 Å². The molecule has 0 aliphatic heterocycles. The molecule has 4 aromatic rings. The van der Waals surface area contributed by atoms with Crippen molar-refractivity contribution in [3.8, 4) is 0 Å². The zero-order valence-electron chi connectivity index (χ0n) is 17.5. The van der Waals surface area contributed by atoms with Crippen LogP contribution in [0.1, 0.15) is 27.0 Å². The summed E-state index contributed by atoms with van der Waals surface area (Å²) in [6.45, 7) is -0.286. The number of para-hydroxylation sites is 1. The molecule has 0 saturated carbocycles. The molecule has 0 saturated heterocycles. The molecule has 3 aromatic carbocycles. The first-order valence-corrected chi connectivity index (χ1v) is 10.1. The van der Waals surface area contributed by atoms with Crippen LogP contribution in [0, 0.1) is 0 Å². The van der Waals surface area contributed by atoms with E-state index in [1.54, 1.807) is 36.4 Å². The van der Waals surface area contributed by atoms with Crippen LogP contribution in [0.15, 0.2) is 82.4 Å². The molecule has 0 atom stereocenters. The molecule has 4 rings (SSSR count). The SMILES string of the molecule is O=C(NO)c1ccc(Cn2c(=O)n(Cc3cccc(C(F)(F)F)c3)c(=O)c3ccccc32)cc1. The van der Waals surface area contributed by atoms with Crippen molar-refractivity contribution in [2.24, 2.45) is 0 Å². The highest BCUT2D eigenvalue weighted by molar-refractivity contribution is 5.93. The topological polar surface area (TPSA) is 93.3 Å². The molecule has 7 nitrogen and oxygen atoms in total. The molecule has 1 amide bonds. The Morgan fingerprint density at radius 1 is 0.853 bits per heavy atom. The molecule has 0 fully saturated rings. The first-order chi connectivity index (χ1) is 16.2. The number of amides is 1. The zero-order chi connectivity index (χ0) is 24.5.